The molecule has 1 aliphatic rings. The van der Waals surface area contributed by atoms with Gasteiger partial charge in [0, 0.05) is 24.3 Å². The summed E-state index contributed by atoms with van der Waals surface area (Å²) in [6.07, 6.45) is -3.20. The quantitative estimate of drug-likeness (QED) is 0.811. The van der Waals surface area contributed by atoms with Gasteiger partial charge in [-0.3, -0.25) is 5.32 Å². The molecule has 1 saturated carbocycles. The molecule has 1 fully saturated rings. The van der Waals surface area contributed by atoms with Gasteiger partial charge in [-0.25, -0.2) is 27.0 Å². The lowest BCUT2D eigenvalue weighted by Crippen LogP contribution is -2.35. The number of alkyl halides is 4. The third-order valence-electron chi connectivity index (χ3n) is 3.92. The van der Waals surface area contributed by atoms with Gasteiger partial charge in [-0.05, 0) is 27.7 Å². The van der Waals surface area contributed by atoms with Gasteiger partial charge < -0.3 is 5.32 Å². The van der Waals surface area contributed by atoms with E-state index < -0.39 is 30.5 Å². The van der Waals surface area contributed by atoms with Crippen LogP contribution in [0.25, 0.3) is 0 Å². The Kier molecular flexibility index (Phi) is 4.83. The maximum Gasteiger partial charge on any atom is 0.320 e. The number of rotatable bonds is 4. The van der Waals surface area contributed by atoms with Gasteiger partial charge in [-0.15, -0.1) is 0 Å². The van der Waals surface area contributed by atoms with E-state index in [4.69, 9.17) is 0 Å². The molecule has 0 bridgehead atoms. The van der Waals surface area contributed by atoms with Crippen LogP contribution in [0.15, 0.2) is 0 Å². The van der Waals surface area contributed by atoms with Crippen molar-refractivity contribution in [2.24, 2.45) is 0 Å². The van der Waals surface area contributed by atoms with Crippen LogP contribution in [0.4, 0.5) is 28.2 Å². The molecule has 0 aliphatic heterocycles. The summed E-state index contributed by atoms with van der Waals surface area (Å²) in [5.74, 6) is -2.71. The Labute approximate surface area is 137 Å². The molecule has 9 heteroatoms. The summed E-state index contributed by atoms with van der Waals surface area (Å²) >= 11 is 0. The highest BCUT2D eigenvalue weighted by molar-refractivity contribution is 5.89. The van der Waals surface area contributed by atoms with Gasteiger partial charge in [0.2, 0.25) is 5.92 Å². The Morgan fingerprint density at radius 3 is 2.42 bits per heavy atom. The molecule has 0 radical (unpaired) electrons. The number of halogens is 4. The molecular formula is C15H22F4N4O. The smallest absolute Gasteiger partial charge is 0.320 e. The second kappa shape index (κ2) is 6.25. The minimum atomic E-state index is -2.68. The third kappa shape index (κ3) is 3.99. The molecule has 1 heterocycles. The molecule has 1 aromatic rings. The third-order valence-corrected chi connectivity index (χ3v) is 3.92. The number of urea groups is 1. The molecule has 1 aromatic heterocycles. The summed E-state index contributed by atoms with van der Waals surface area (Å²) in [6.45, 7) is 6.46. The topological polar surface area (TPSA) is 59.0 Å². The zero-order chi connectivity index (χ0) is 18.3. The fourth-order valence-corrected chi connectivity index (χ4v) is 2.71. The van der Waals surface area contributed by atoms with Crippen molar-refractivity contribution < 1.29 is 22.4 Å². The summed E-state index contributed by atoms with van der Waals surface area (Å²) in [5.41, 5.74) is 0.582. The van der Waals surface area contributed by atoms with Crippen molar-refractivity contribution in [2.45, 2.75) is 64.3 Å². The molecule has 136 valence electrons. The van der Waals surface area contributed by atoms with Crippen molar-refractivity contribution in [2.75, 3.05) is 11.9 Å². The molecule has 5 nitrogen and oxygen atoms in total. The van der Waals surface area contributed by atoms with E-state index in [1.54, 1.807) is 6.92 Å². The summed E-state index contributed by atoms with van der Waals surface area (Å²) in [4.78, 5) is 11.8. The lowest BCUT2D eigenvalue weighted by Gasteiger charge is -2.34. The van der Waals surface area contributed by atoms with Crippen molar-refractivity contribution in [3.8, 4) is 0 Å². The number of anilines is 1. The van der Waals surface area contributed by atoms with Crippen molar-refractivity contribution in [3.63, 3.8) is 0 Å². The van der Waals surface area contributed by atoms with Crippen LogP contribution in [0.2, 0.25) is 0 Å². The fourth-order valence-electron chi connectivity index (χ4n) is 2.71. The van der Waals surface area contributed by atoms with Gasteiger partial charge in [0.1, 0.15) is 5.82 Å². The highest BCUT2D eigenvalue weighted by Crippen LogP contribution is 2.49. The molecule has 0 aromatic carbocycles. The van der Waals surface area contributed by atoms with E-state index in [9.17, 15) is 22.4 Å². The summed E-state index contributed by atoms with van der Waals surface area (Å²) in [5, 5.41) is 8.98. The minimum Gasteiger partial charge on any atom is -0.332 e. The van der Waals surface area contributed by atoms with Gasteiger partial charge in [-0.1, -0.05) is 0 Å². The monoisotopic (exact) mass is 350 g/mol. The fraction of sp³-hybridized carbons (Fsp3) is 0.733. The number of hydrogen-bond acceptors (Lipinski definition) is 2. The van der Waals surface area contributed by atoms with E-state index in [1.165, 1.54) is 4.68 Å². The Bertz CT molecular complexity index is 614. The molecule has 0 spiro atoms. The van der Waals surface area contributed by atoms with Gasteiger partial charge in [0.25, 0.3) is 6.43 Å². The zero-order valence-corrected chi connectivity index (χ0v) is 14.1. The van der Waals surface area contributed by atoms with Gasteiger partial charge >= 0.3 is 6.03 Å². The van der Waals surface area contributed by atoms with E-state index in [-0.39, 0.29) is 18.8 Å². The van der Waals surface area contributed by atoms with E-state index in [2.05, 4.69) is 15.7 Å². The predicted molar refractivity (Wildman–Crippen MR) is 81.9 cm³/mol. The SMILES string of the molecule is Cc1c(C2CC(F)(F)C2)nn(C(C)(C)C)c1NC(=O)NCC(F)F. The van der Waals surface area contributed by atoms with Crippen LogP contribution in [-0.4, -0.2) is 34.7 Å². The largest absolute Gasteiger partial charge is 0.332 e. The van der Waals surface area contributed by atoms with Crippen molar-refractivity contribution in [1.29, 1.82) is 0 Å². The molecule has 0 unspecified atom stereocenters. The average Bonchev–Trinajstić information content (AvgIpc) is 2.71. The first-order chi connectivity index (χ1) is 10.9. The Morgan fingerprint density at radius 2 is 1.96 bits per heavy atom. The molecular weight excluding hydrogens is 328 g/mol. The van der Waals surface area contributed by atoms with E-state index >= 15 is 0 Å². The highest BCUT2D eigenvalue weighted by atomic mass is 19.3. The molecule has 0 saturated heterocycles. The van der Waals surface area contributed by atoms with Crippen LogP contribution in [0, 0.1) is 6.92 Å². The van der Waals surface area contributed by atoms with Crippen LogP contribution in [0.1, 0.15) is 50.8 Å². The number of aromatic nitrogens is 2. The predicted octanol–water partition coefficient (Wildman–Crippen LogP) is 3.85. The number of carbonyl (C=O) groups is 1. The number of amides is 2. The summed E-state index contributed by atoms with van der Waals surface area (Å²) < 4.78 is 52.2. The van der Waals surface area contributed by atoms with E-state index in [0.717, 1.165) is 0 Å². The molecule has 0 atom stereocenters. The van der Waals surface area contributed by atoms with Crippen LogP contribution >= 0.6 is 0 Å². The van der Waals surface area contributed by atoms with Crippen LogP contribution in [0.3, 0.4) is 0 Å². The zero-order valence-electron chi connectivity index (χ0n) is 14.1. The molecule has 1 aliphatic carbocycles. The van der Waals surface area contributed by atoms with Gasteiger partial charge in [0.05, 0.1) is 17.8 Å². The number of nitrogens with zero attached hydrogens (tertiary/aromatic N) is 2. The number of carbonyl (C=O) groups excluding carboxylic acids is 1. The maximum atomic E-state index is 13.1. The van der Waals surface area contributed by atoms with Crippen molar-refractivity contribution >= 4 is 11.8 Å². The Hall–Kier alpha value is -1.80. The molecule has 24 heavy (non-hydrogen) atoms. The van der Waals surface area contributed by atoms with Gasteiger partial charge in [-0.2, -0.15) is 5.10 Å². The first kappa shape index (κ1) is 18.5. The van der Waals surface area contributed by atoms with Crippen LogP contribution in [-0.2, 0) is 5.54 Å². The van der Waals surface area contributed by atoms with Crippen molar-refractivity contribution in [3.05, 3.63) is 11.3 Å². The van der Waals surface area contributed by atoms with E-state index in [0.29, 0.717) is 17.1 Å². The average molecular weight is 350 g/mol. The summed E-state index contributed by atoms with van der Waals surface area (Å²) in [7, 11) is 0. The van der Waals surface area contributed by atoms with Crippen LogP contribution in [0.5, 0.6) is 0 Å². The van der Waals surface area contributed by atoms with Crippen molar-refractivity contribution in [1.82, 2.24) is 15.1 Å². The Morgan fingerprint density at radius 1 is 1.38 bits per heavy atom. The number of nitrogens with one attached hydrogen (secondary N) is 2. The highest BCUT2D eigenvalue weighted by Gasteiger charge is 2.48. The molecule has 2 N–H and O–H groups in total. The maximum absolute atomic E-state index is 13.1. The Balaban J connectivity index is 2.25. The second-order valence-corrected chi connectivity index (χ2v) is 7.13. The number of hydrogen-bond donors (Lipinski definition) is 2. The first-order valence-corrected chi connectivity index (χ1v) is 7.71. The van der Waals surface area contributed by atoms with Crippen LogP contribution < -0.4 is 10.6 Å². The minimum absolute atomic E-state index is 0.272. The normalized spacial score (nSPS) is 17.7. The van der Waals surface area contributed by atoms with Gasteiger partial charge in [0.15, 0.2) is 0 Å². The first-order valence-electron chi connectivity index (χ1n) is 7.71. The van der Waals surface area contributed by atoms with E-state index in [1.807, 2.05) is 20.8 Å². The standard InChI is InChI=1S/C15H22F4N4O/c1-8-11(9-5-15(18,19)6-9)22-23(14(2,3)4)12(8)21-13(24)20-7-10(16)17/h9-10H,5-7H2,1-4H3,(H2,20,21,24). The summed E-state index contributed by atoms with van der Waals surface area (Å²) in [6, 6.07) is -0.783. The lowest BCUT2D eigenvalue weighted by molar-refractivity contribution is -0.0878. The molecule has 2 amide bonds. The second-order valence-electron chi connectivity index (χ2n) is 7.13. The molecule has 2 rings (SSSR count). The lowest BCUT2D eigenvalue weighted by atomic mass is 9.78.